The lowest BCUT2D eigenvalue weighted by Gasteiger charge is -2.27. The molecule has 4 nitrogen and oxygen atoms in total. The summed E-state index contributed by atoms with van der Waals surface area (Å²) in [6.07, 6.45) is 0. The second-order valence-corrected chi connectivity index (χ2v) is 4.70. The summed E-state index contributed by atoms with van der Waals surface area (Å²) in [5, 5.41) is 0. The van der Waals surface area contributed by atoms with Crippen molar-refractivity contribution < 1.29 is 14.3 Å². The summed E-state index contributed by atoms with van der Waals surface area (Å²) >= 11 is 3.37. The first kappa shape index (κ1) is 12.4. The van der Waals surface area contributed by atoms with Crippen LogP contribution in [0.25, 0.3) is 0 Å². The molecule has 1 aliphatic rings. The highest BCUT2D eigenvalue weighted by atomic mass is 79.9. The fourth-order valence-corrected chi connectivity index (χ4v) is 2.23. The van der Waals surface area contributed by atoms with Crippen molar-refractivity contribution in [1.29, 1.82) is 0 Å². The number of methoxy groups -OCH3 is 1. The van der Waals surface area contributed by atoms with Crippen LogP contribution in [-0.2, 0) is 4.74 Å². The van der Waals surface area contributed by atoms with Crippen molar-refractivity contribution in [3.63, 3.8) is 0 Å². The molecule has 0 spiro atoms. The smallest absolute Gasteiger partial charge is 0.254 e. The molecule has 0 aromatic heterocycles. The first-order valence-corrected chi connectivity index (χ1v) is 6.21. The summed E-state index contributed by atoms with van der Waals surface area (Å²) in [7, 11) is 1.59. The Balaban J connectivity index is 2.20. The Bertz CT molecular complexity index is 416. The zero-order chi connectivity index (χ0) is 12.3. The van der Waals surface area contributed by atoms with Gasteiger partial charge >= 0.3 is 0 Å². The van der Waals surface area contributed by atoms with E-state index in [1.165, 1.54) is 0 Å². The summed E-state index contributed by atoms with van der Waals surface area (Å²) in [4.78, 5) is 14.0. The minimum Gasteiger partial charge on any atom is -0.497 e. The Hall–Kier alpha value is -1.07. The number of amides is 1. The number of morpholine rings is 1. The second-order valence-electron chi connectivity index (χ2n) is 3.78. The van der Waals surface area contributed by atoms with Crippen LogP contribution in [0.3, 0.4) is 0 Å². The lowest BCUT2D eigenvalue weighted by Crippen LogP contribution is -2.40. The van der Waals surface area contributed by atoms with Crippen LogP contribution in [-0.4, -0.2) is 44.2 Å². The van der Waals surface area contributed by atoms with E-state index in [9.17, 15) is 4.79 Å². The number of carbonyl (C=O) groups is 1. The maximum absolute atomic E-state index is 12.2. The molecule has 1 heterocycles. The van der Waals surface area contributed by atoms with Crippen LogP contribution in [0.1, 0.15) is 10.4 Å². The van der Waals surface area contributed by atoms with Crippen LogP contribution in [0.15, 0.2) is 22.7 Å². The van der Waals surface area contributed by atoms with E-state index in [2.05, 4.69) is 15.9 Å². The van der Waals surface area contributed by atoms with E-state index in [1.54, 1.807) is 24.1 Å². The van der Waals surface area contributed by atoms with Gasteiger partial charge in [-0.05, 0) is 18.2 Å². The van der Waals surface area contributed by atoms with Crippen molar-refractivity contribution in [2.24, 2.45) is 0 Å². The van der Waals surface area contributed by atoms with E-state index < -0.39 is 0 Å². The lowest BCUT2D eigenvalue weighted by atomic mass is 10.2. The normalized spacial score (nSPS) is 15.8. The van der Waals surface area contributed by atoms with Crippen LogP contribution >= 0.6 is 15.9 Å². The predicted molar refractivity (Wildman–Crippen MR) is 67.4 cm³/mol. The molecule has 0 bridgehead atoms. The van der Waals surface area contributed by atoms with Crippen molar-refractivity contribution in [2.75, 3.05) is 33.4 Å². The molecule has 0 N–H and O–H groups in total. The molecule has 1 aromatic carbocycles. The molecule has 1 aromatic rings. The van der Waals surface area contributed by atoms with Gasteiger partial charge in [-0.3, -0.25) is 4.79 Å². The number of hydrogen-bond acceptors (Lipinski definition) is 3. The molecular formula is C12H14BrNO3. The third kappa shape index (κ3) is 2.98. The molecule has 0 aliphatic carbocycles. The van der Waals surface area contributed by atoms with Gasteiger partial charge in [0.1, 0.15) is 5.75 Å². The van der Waals surface area contributed by atoms with Crippen LogP contribution in [0.4, 0.5) is 0 Å². The quantitative estimate of drug-likeness (QED) is 0.838. The lowest BCUT2D eigenvalue weighted by molar-refractivity contribution is 0.0302. The second kappa shape index (κ2) is 5.51. The van der Waals surface area contributed by atoms with Crippen molar-refractivity contribution in [3.05, 3.63) is 28.2 Å². The number of carbonyl (C=O) groups excluding carboxylic acids is 1. The van der Waals surface area contributed by atoms with Gasteiger partial charge in [-0.2, -0.15) is 0 Å². The van der Waals surface area contributed by atoms with Crippen molar-refractivity contribution in [3.8, 4) is 5.75 Å². The first-order valence-electron chi connectivity index (χ1n) is 5.42. The number of halogens is 1. The summed E-state index contributed by atoms with van der Waals surface area (Å²) in [6, 6.07) is 5.39. The summed E-state index contributed by atoms with van der Waals surface area (Å²) in [5.74, 6) is 0.698. The highest BCUT2D eigenvalue weighted by Gasteiger charge is 2.19. The third-order valence-electron chi connectivity index (χ3n) is 2.65. The molecule has 1 aliphatic heterocycles. The number of ether oxygens (including phenoxy) is 2. The number of benzene rings is 1. The molecule has 0 radical (unpaired) electrons. The van der Waals surface area contributed by atoms with Gasteiger partial charge in [-0.15, -0.1) is 0 Å². The van der Waals surface area contributed by atoms with Crippen LogP contribution in [0, 0.1) is 0 Å². The van der Waals surface area contributed by atoms with E-state index in [-0.39, 0.29) is 5.91 Å². The fraction of sp³-hybridized carbons (Fsp3) is 0.417. The van der Waals surface area contributed by atoms with Crippen LogP contribution in [0.2, 0.25) is 0 Å². The van der Waals surface area contributed by atoms with E-state index in [0.29, 0.717) is 37.6 Å². The summed E-state index contributed by atoms with van der Waals surface area (Å²) in [6.45, 7) is 2.51. The first-order chi connectivity index (χ1) is 8.20. The highest BCUT2D eigenvalue weighted by Crippen LogP contribution is 2.22. The van der Waals surface area contributed by atoms with E-state index >= 15 is 0 Å². The molecule has 0 saturated carbocycles. The third-order valence-corrected chi connectivity index (χ3v) is 3.11. The number of rotatable bonds is 2. The Morgan fingerprint density at radius 2 is 2.06 bits per heavy atom. The topological polar surface area (TPSA) is 38.8 Å². The molecule has 1 amide bonds. The van der Waals surface area contributed by atoms with Crippen molar-refractivity contribution in [2.45, 2.75) is 0 Å². The number of nitrogens with zero attached hydrogens (tertiary/aromatic N) is 1. The van der Waals surface area contributed by atoms with Gasteiger partial charge in [0.2, 0.25) is 0 Å². The van der Waals surface area contributed by atoms with E-state index in [4.69, 9.17) is 9.47 Å². The van der Waals surface area contributed by atoms with Crippen molar-refractivity contribution >= 4 is 21.8 Å². The minimum absolute atomic E-state index is 0.0212. The van der Waals surface area contributed by atoms with Gasteiger partial charge < -0.3 is 14.4 Å². The molecule has 1 fully saturated rings. The zero-order valence-corrected chi connectivity index (χ0v) is 11.2. The van der Waals surface area contributed by atoms with Gasteiger partial charge in [0.15, 0.2) is 0 Å². The largest absolute Gasteiger partial charge is 0.497 e. The Labute approximate surface area is 109 Å². The van der Waals surface area contributed by atoms with Gasteiger partial charge in [-0.25, -0.2) is 0 Å². The Morgan fingerprint density at radius 1 is 1.35 bits per heavy atom. The Kier molecular flexibility index (Phi) is 4.02. The van der Waals surface area contributed by atoms with E-state index in [1.807, 2.05) is 6.07 Å². The zero-order valence-electron chi connectivity index (χ0n) is 9.61. The maximum Gasteiger partial charge on any atom is 0.254 e. The Morgan fingerprint density at radius 3 is 2.71 bits per heavy atom. The fourth-order valence-electron chi connectivity index (χ4n) is 1.75. The molecule has 0 unspecified atom stereocenters. The highest BCUT2D eigenvalue weighted by molar-refractivity contribution is 9.10. The maximum atomic E-state index is 12.2. The van der Waals surface area contributed by atoms with E-state index in [0.717, 1.165) is 4.47 Å². The monoisotopic (exact) mass is 299 g/mol. The van der Waals surface area contributed by atoms with Crippen molar-refractivity contribution in [1.82, 2.24) is 4.90 Å². The minimum atomic E-state index is 0.0212. The van der Waals surface area contributed by atoms with Crippen LogP contribution < -0.4 is 4.74 Å². The molecule has 17 heavy (non-hydrogen) atoms. The molecule has 1 saturated heterocycles. The molecular weight excluding hydrogens is 286 g/mol. The summed E-state index contributed by atoms with van der Waals surface area (Å²) in [5.41, 5.74) is 0.637. The average Bonchev–Trinajstić information content (AvgIpc) is 2.38. The number of hydrogen-bond donors (Lipinski definition) is 0. The van der Waals surface area contributed by atoms with Gasteiger partial charge in [-0.1, -0.05) is 15.9 Å². The van der Waals surface area contributed by atoms with Gasteiger partial charge in [0.25, 0.3) is 5.91 Å². The van der Waals surface area contributed by atoms with Crippen LogP contribution in [0.5, 0.6) is 5.75 Å². The summed E-state index contributed by atoms with van der Waals surface area (Å²) < 4.78 is 11.2. The molecule has 5 heteroatoms. The van der Waals surface area contributed by atoms with Gasteiger partial charge in [0.05, 0.1) is 20.3 Å². The standard InChI is InChI=1S/C12H14BrNO3/c1-16-11-7-9(6-10(13)8-11)12(15)14-2-4-17-5-3-14/h6-8H,2-5H2,1H3. The molecule has 92 valence electrons. The SMILES string of the molecule is COc1cc(Br)cc(C(=O)N2CCOCC2)c1. The average molecular weight is 300 g/mol. The van der Waals surface area contributed by atoms with Gasteiger partial charge in [0, 0.05) is 23.1 Å². The predicted octanol–water partition coefficient (Wildman–Crippen LogP) is 1.93. The molecule has 0 atom stereocenters. The molecule has 2 rings (SSSR count).